The molecule has 1 aromatic carbocycles. The first kappa shape index (κ1) is 12.0. The lowest BCUT2D eigenvalue weighted by atomic mass is 10.2. The molecule has 0 spiro atoms. The average molecular weight is 256 g/mol. The van der Waals surface area contributed by atoms with Crippen LogP contribution in [-0.2, 0) is 13.0 Å². The van der Waals surface area contributed by atoms with Crippen LogP contribution in [0, 0.1) is 5.82 Å². The number of hydrogen-bond donors (Lipinski definition) is 1. The highest BCUT2D eigenvalue weighted by Crippen LogP contribution is 2.16. The van der Waals surface area contributed by atoms with E-state index in [-0.39, 0.29) is 11.6 Å². The average Bonchev–Trinajstić information content (AvgIpc) is 2.72. The second kappa shape index (κ2) is 5.25. The third-order valence-corrected chi connectivity index (χ3v) is 2.57. The second-order valence-corrected chi connectivity index (χ2v) is 4.04. The van der Waals surface area contributed by atoms with E-state index in [1.807, 2.05) is 0 Å². The van der Waals surface area contributed by atoms with Gasteiger partial charge < -0.3 is 5.11 Å². The number of aliphatic hydroxyl groups excluding tert-OH is 1. The predicted octanol–water partition coefficient (Wildman–Crippen LogP) is 1.65. The summed E-state index contributed by atoms with van der Waals surface area (Å²) in [7, 11) is 0. The predicted molar refractivity (Wildman–Crippen MR) is 61.3 cm³/mol. The fraction of sp³-hybridized carbons (Fsp3) is 0.273. The molecule has 0 atom stereocenters. The van der Waals surface area contributed by atoms with Crippen molar-refractivity contribution in [2.45, 2.75) is 13.0 Å². The van der Waals surface area contributed by atoms with E-state index in [4.69, 9.17) is 16.7 Å². The van der Waals surface area contributed by atoms with Crippen molar-refractivity contribution in [3.05, 3.63) is 46.5 Å². The number of aromatic nitrogens is 3. The molecule has 0 saturated carbocycles. The summed E-state index contributed by atoms with van der Waals surface area (Å²) in [5.74, 6) is -0.435. The van der Waals surface area contributed by atoms with Crippen LogP contribution < -0.4 is 0 Å². The van der Waals surface area contributed by atoms with Gasteiger partial charge in [-0.1, -0.05) is 22.9 Å². The molecule has 0 radical (unpaired) electrons. The van der Waals surface area contributed by atoms with Crippen LogP contribution in [0.15, 0.2) is 24.4 Å². The summed E-state index contributed by atoms with van der Waals surface area (Å²) in [6.45, 7) is 0.513. The number of hydrogen-bond acceptors (Lipinski definition) is 3. The monoisotopic (exact) mass is 255 g/mol. The van der Waals surface area contributed by atoms with Crippen LogP contribution >= 0.6 is 11.6 Å². The molecule has 0 aliphatic carbocycles. The van der Waals surface area contributed by atoms with Crippen LogP contribution in [0.5, 0.6) is 0 Å². The van der Waals surface area contributed by atoms with E-state index in [2.05, 4.69) is 10.3 Å². The lowest BCUT2D eigenvalue weighted by Gasteiger charge is -2.02. The Balaban J connectivity index is 2.11. The quantitative estimate of drug-likeness (QED) is 0.904. The minimum atomic E-state index is -0.435. The standard InChI is InChI=1S/C11H11ClFN3O/c12-10-5-8(1-2-11(10)13)6-16-7-9(3-4-17)14-15-16/h1-2,5,7,17H,3-4,6H2. The number of aliphatic hydroxyl groups is 1. The van der Waals surface area contributed by atoms with Crippen LogP contribution in [0.1, 0.15) is 11.3 Å². The van der Waals surface area contributed by atoms with Gasteiger partial charge in [0.2, 0.25) is 0 Å². The van der Waals surface area contributed by atoms with Gasteiger partial charge in [-0.15, -0.1) is 5.10 Å². The van der Waals surface area contributed by atoms with E-state index < -0.39 is 5.82 Å². The number of halogens is 2. The van der Waals surface area contributed by atoms with Crippen molar-refractivity contribution in [2.75, 3.05) is 6.61 Å². The third-order valence-electron chi connectivity index (χ3n) is 2.28. The van der Waals surface area contributed by atoms with Gasteiger partial charge in [-0.25, -0.2) is 9.07 Å². The molecule has 0 aliphatic rings. The van der Waals surface area contributed by atoms with E-state index in [1.54, 1.807) is 23.0 Å². The Bertz CT molecular complexity index is 515. The molecular formula is C11H11ClFN3O. The minimum absolute atomic E-state index is 0.0427. The molecule has 4 nitrogen and oxygen atoms in total. The Morgan fingerprint density at radius 3 is 2.94 bits per heavy atom. The first-order chi connectivity index (χ1) is 8.19. The van der Waals surface area contributed by atoms with Crippen molar-refractivity contribution in [1.82, 2.24) is 15.0 Å². The summed E-state index contributed by atoms with van der Waals surface area (Å²) < 4.78 is 14.6. The van der Waals surface area contributed by atoms with E-state index >= 15 is 0 Å². The molecule has 90 valence electrons. The number of nitrogens with zero attached hydrogens (tertiary/aromatic N) is 3. The fourth-order valence-electron chi connectivity index (χ4n) is 1.47. The van der Waals surface area contributed by atoms with Crippen molar-refractivity contribution in [1.29, 1.82) is 0 Å². The van der Waals surface area contributed by atoms with Crippen LogP contribution in [0.4, 0.5) is 4.39 Å². The van der Waals surface area contributed by atoms with Gasteiger partial charge in [-0.05, 0) is 17.7 Å². The van der Waals surface area contributed by atoms with E-state index in [9.17, 15) is 4.39 Å². The van der Waals surface area contributed by atoms with E-state index in [0.717, 1.165) is 11.3 Å². The fourth-order valence-corrected chi connectivity index (χ4v) is 1.67. The molecule has 2 aromatic rings. The van der Waals surface area contributed by atoms with Crippen molar-refractivity contribution in [3.63, 3.8) is 0 Å². The molecular weight excluding hydrogens is 245 g/mol. The molecule has 0 unspecified atom stereocenters. The summed E-state index contributed by atoms with van der Waals surface area (Å²) in [6, 6.07) is 4.53. The number of benzene rings is 1. The van der Waals surface area contributed by atoms with Gasteiger partial charge in [0.15, 0.2) is 0 Å². The van der Waals surface area contributed by atoms with Gasteiger partial charge in [0.1, 0.15) is 5.82 Å². The molecule has 1 aromatic heterocycles. The molecule has 6 heteroatoms. The maximum atomic E-state index is 12.9. The second-order valence-electron chi connectivity index (χ2n) is 3.63. The highest BCUT2D eigenvalue weighted by atomic mass is 35.5. The molecule has 2 rings (SSSR count). The molecule has 0 fully saturated rings. The lowest BCUT2D eigenvalue weighted by Crippen LogP contribution is -2.00. The summed E-state index contributed by atoms with van der Waals surface area (Å²) in [5.41, 5.74) is 1.57. The zero-order valence-corrected chi connectivity index (χ0v) is 9.73. The lowest BCUT2D eigenvalue weighted by molar-refractivity contribution is 0.298. The van der Waals surface area contributed by atoms with Crippen molar-refractivity contribution in [2.24, 2.45) is 0 Å². The zero-order chi connectivity index (χ0) is 12.3. The maximum absolute atomic E-state index is 12.9. The van der Waals surface area contributed by atoms with Crippen LogP contribution in [0.2, 0.25) is 5.02 Å². The first-order valence-corrected chi connectivity index (χ1v) is 5.50. The van der Waals surface area contributed by atoms with E-state index in [1.165, 1.54) is 6.07 Å². The van der Waals surface area contributed by atoms with Gasteiger partial charge in [-0.2, -0.15) is 0 Å². The smallest absolute Gasteiger partial charge is 0.141 e. The van der Waals surface area contributed by atoms with Gasteiger partial charge in [0, 0.05) is 19.2 Å². The molecule has 0 amide bonds. The maximum Gasteiger partial charge on any atom is 0.141 e. The van der Waals surface area contributed by atoms with Crippen molar-refractivity contribution < 1.29 is 9.50 Å². The SMILES string of the molecule is OCCc1cn(Cc2ccc(F)c(Cl)c2)nn1. The Hall–Kier alpha value is -1.46. The Morgan fingerprint density at radius 2 is 2.24 bits per heavy atom. The van der Waals surface area contributed by atoms with Crippen molar-refractivity contribution in [3.8, 4) is 0 Å². The van der Waals surface area contributed by atoms with Crippen LogP contribution in [0.3, 0.4) is 0 Å². The molecule has 17 heavy (non-hydrogen) atoms. The van der Waals surface area contributed by atoms with Gasteiger partial charge in [0.05, 0.1) is 17.3 Å². The van der Waals surface area contributed by atoms with Gasteiger partial charge in [-0.3, -0.25) is 0 Å². The normalized spacial score (nSPS) is 10.8. The molecule has 0 saturated heterocycles. The van der Waals surface area contributed by atoms with Crippen molar-refractivity contribution >= 4 is 11.6 Å². The summed E-state index contributed by atoms with van der Waals surface area (Å²) in [6.07, 6.45) is 2.22. The third kappa shape index (κ3) is 3.01. The first-order valence-electron chi connectivity index (χ1n) is 5.13. The number of rotatable bonds is 4. The molecule has 0 bridgehead atoms. The largest absolute Gasteiger partial charge is 0.396 e. The molecule has 1 heterocycles. The van der Waals surface area contributed by atoms with Gasteiger partial charge >= 0.3 is 0 Å². The topological polar surface area (TPSA) is 50.9 Å². The Labute approximate surface area is 103 Å². The van der Waals surface area contributed by atoms with Crippen LogP contribution in [-0.4, -0.2) is 26.7 Å². The van der Waals surface area contributed by atoms with E-state index in [0.29, 0.717) is 13.0 Å². The summed E-state index contributed by atoms with van der Waals surface area (Å²) >= 11 is 5.68. The summed E-state index contributed by atoms with van der Waals surface area (Å²) in [4.78, 5) is 0. The zero-order valence-electron chi connectivity index (χ0n) is 8.98. The van der Waals surface area contributed by atoms with Gasteiger partial charge in [0.25, 0.3) is 0 Å². The Kier molecular flexibility index (Phi) is 3.71. The minimum Gasteiger partial charge on any atom is -0.396 e. The molecule has 1 N–H and O–H groups in total. The van der Waals surface area contributed by atoms with Crippen LogP contribution in [0.25, 0.3) is 0 Å². The molecule has 0 aliphatic heterocycles. The summed E-state index contributed by atoms with van der Waals surface area (Å²) in [5, 5.41) is 16.6. The Morgan fingerprint density at radius 1 is 1.41 bits per heavy atom. The highest BCUT2D eigenvalue weighted by molar-refractivity contribution is 6.30. The highest BCUT2D eigenvalue weighted by Gasteiger charge is 2.04.